The predicted molar refractivity (Wildman–Crippen MR) is 101 cm³/mol. The molecule has 2 aromatic carbocycles. The van der Waals surface area contributed by atoms with E-state index < -0.39 is 23.4 Å². The summed E-state index contributed by atoms with van der Waals surface area (Å²) in [5.41, 5.74) is 0.712. The Kier molecular flexibility index (Phi) is 5.48. The molecule has 0 unspecified atom stereocenters. The van der Waals surface area contributed by atoms with Gasteiger partial charge in [0.15, 0.2) is 0 Å². The van der Waals surface area contributed by atoms with Gasteiger partial charge in [0.25, 0.3) is 5.91 Å². The lowest BCUT2D eigenvalue weighted by atomic mass is 10.1. The highest BCUT2D eigenvalue weighted by Gasteiger charge is 2.21. The highest BCUT2D eigenvalue weighted by atomic mass is 32.1. The lowest BCUT2D eigenvalue weighted by Crippen LogP contribution is -2.14. The Morgan fingerprint density at radius 2 is 1.89 bits per heavy atom. The summed E-state index contributed by atoms with van der Waals surface area (Å²) in [6.07, 6.45) is 0. The first-order valence-electron chi connectivity index (χ1n) is 7.98. The number of fused-ring (bicyclic) bond motifs is 1. The number of methoxy groups -OCH3 is 1. The summed E-state index contributed by atoms with van der Waals surface area (Å²) in [4.78, 5) is 24.2. The molecule has 0 bridgehead atoms. The van der Waals surface area contributed by atoms with Gasteiger partial charge in [0.2, 0.25) is 5.91 Å². The van der Waals surface area contributed by atoms with Gasteiger partial charge in [-0.2, -0.15) is 0 Å². The van der Waals surface area contributed by atoms with Crippen LogP contribution in [0.5, 0.6) is 0 Å². The van der Waals surface area contributed by atoms with Crippen molar-refractivity contribution in [1.29, 1.82) is 0 Å². The van der Waals surface area contributed by atoms with Gasteiger partial charge in [-0.25, -0.2) is 8.78 Å². The van der Waals surface area contributed by atoms with Gasteiger partial charge in [-0.3, -0.25) is 9.59 Å². The number of benzene rings is 2. The lowest BCUT2D eigenvalue weighted by molar-refractivity contribution is -0.114. The predicted octanol–water partition coefficient (Wildman–Crippen LogP) is 4.54. The smallest absolute Gasteiger partial charge is 0.266 e. The van der Waals surface area contributed by atoms with E-state index >= 15 is 0 Å². The van der Waals surface area contributed by atoms with Crippen LogP contribution in [0.3, 0.4) is 0 Å². The molecule has 3 aromatic rings. The summed E-state index contributed by atoms with van der Waals surface area (Å²) >= 11 is 1.15. The maximum Gasteiger partial charge on any atom is 0.266 e. The Morgan fingerprint density at radius 1 is 1.11 bits per heavy atom. The molecule has 8 heteroatoms. The molecule has 1 heterocycles. The minimum atomic E-state index is -0.618. The second kappa shape index (κ2) is 7.81. The molecule has 0 saturated heterocycles. The Labute approximate surface area is 158 Å². The fraction of sp³-hybridized carbons (Fsp3) is 0.158. The Morgan fingerprint density at radius 3 is 2.59 bits per heavy atom. The molecule has 0 fully saturated rings. The lowest BCUT2D eigenvalue weighted by Gasteiger charge is -2.09. The first-order valence-corrected chi connectivity index (χ1v) is 8.79. The zero-order chi connectivity index (χ0) is 19.6. The van der Waals surface area contributed by atoms with Crippen LogP contribution >= 0.6 is 11.3 Å². The molecule has 140 valence electrons. The fourth-order valence-corrected chi connectivity index (χ4v) is 3.83. The summed E-state index contributed by atoms with van der Waals surface area (Å²) in [5.74, 6) is -1.94. The van der Waals surface area contributed by atoms with Gasteiger partial charge in [0, 0.05) is 35.4 Å². The van der Waals surface area contributed by atoms with Crippen LogP contribution in [-0.2, 0) is 16.1 Å². The third-order valence-electron chi connectivity index (χ3n) is 3.79. The minimum absolute atomic E-state index is 0.0419. The second-order valence-electron chi connectivity index (χ2n) is 5.79. The molecule has 2 N–H and O–H groups in total. The van der Waals surface area contributed by atoms with Crippen LogP contribution in [0.15, 0.2) is 36.4 Å². The highest BCUT2D eigenvalue weighted by molar-refractivity contribution is 7.21. The number of amides is 2. The van der Waals surface area contributed by atoms with E-state index in [0.717, 1.165) is 17.4 Å². The van der Waals surface area contributed by atoms with Crippen molar-refractivity contribution in [2.24, 2.45) is 0 Å². The Hall–Kier alpha value is -2.84. The van der Waals surface area contributed by atoms with Crippen molar-refractivity contribution in [3.63, 3.8) is 0 Å². The van der Waals surface area contributed by atoms with E-state index in [2.05, 4.69) is 10.6 Å². The second-order valence-corrected chi connectivity index (χ2v) is 6.84. The van der Waals surface area contributed by atoms with Gasteiger partial charge < -0.3 is 15.4 Å². The average Bonchev–Trinajstić information content (AvgIpc) is 2.98. The zero-order valence-electron chi connectivity index (χ0n) is 14.6. The molecular weight excluding hydrogens is 374 g/mol. The molecular formula is C19H16F2N2O3S. The van der Waals surface area contributed by atoms with E-state index in [-0.39, 0.29) is 12.3 Å². The molecule has 2 amide bonds. The zero-order valence-corrected chi connectivity index (χ0v) is 15.4. The van der Waals surface area contributed by atoms with Crippen molar-refractivity contribution in [2.45, 2.75) is 13.5 Å². The third kappa shape index (κ3) is 3.96. The van der Waals surface area contributed by atoms with E-state index in [9.17, 15) is 18.4 Å². The number of halogens is 2. The number of hydrogen-bond acceptors (Lipinski definition) is 4. The molecule has 0 aliphatic heterocycles. The quantitative estimate of drug-likeness (QED) is 0.672. The molecule has 0 radical (unpaired) electrons. The third-order valence-corrected chi connectivity index (χ3v) is 4.99. The van der Waals surface area contributed by atoms with Crippen molar-refractivity contribution < 1.29 is 23.1 Å². The number of rotatable bonds is 5. The van der Waals surface area contributed by atoms with Crippen LogP contribution in [0, 0.1) is 11.6 Å². The van der Waals surface area contributed by atoms with E-state index in [1.807, 2.05) is 0 Å². The highest BCUT2D eigenvalue weighted by Crippen LogP contribution is 2.34. The Balaban J connectivity index is 1.96. The van der Waals surface area contributed by atoms with Crippen molar-refractivity contribution in [3.05, 3.63) is 58.5 Å². The van der Waals surface area contributed by atoms with E-state index in [0.29, 0.717) is 26.2 Å². The molecule has 0 spiro atoms. The van der Waals surface area contributed by atoms with E-state index in [1.165, 1.54) is 32.2 Å². The molecule has 3 rings (SSSR count). The number of anilines is 2. The van der Waals surface area contributed by atoms with Gasteiger partial charge in [0.1, 0.15) is 11.6 Å². The summed E-state index contributed by atoms with van der Waals surface area (Å²) in [7, 11) is 1.46. The van der Waals surface area contributed by atoms with Gasteiger partial charge in [-0.15, -0.1) is 11.3 Å². The number of ether oxygens (including phenoxy) is 1. The average molecular weight is 390 g/mol. The number of nitrogens with one attached hydrogen (secondary N) is 2. The van der Waals surface area contributed by atoms with Crippen LogP contribution < -0.4 is 10.6 Å². The van der Waals surface area contributed by atoms with Gasteiger partial charge >= 0.3 is 0 Å². The molecule has 27 heavy (non-hydrogen) atoms. The maximum atomic E-state index is 14.2. The normalized spacial score (nSPS) is 10.8. The fourth-order valence-electron chi connectivity index (χ4n) is 2.71. The van der Waals surface area contributed by atoms with E-state index in [1.54, 1.807) is 12.1 Å². The minimum Gasteiger partial charge on any atom is -0.380 e. The largest absolute Gasteiger partial charge is 0.380 e. The number of carbonyl (C=O) groups is 2. The molecule has 0 aliphatic rings. The number of carbonyl (C=O) groups excluding carboxylic acids is 2. The molecule has 0 atom stereocenters. The maximum absolute atomic E-state index is 14.2. The van der Waals surface area contributed by atoms with Crippen LogP contribution in [-0.4, -0.2) is 18.9 Å². The van der Waals surface area contributed by atoms with Crippen LogP contribution in [0.4, 0.5) is 20.2 Å². The molecule has 1 aromatic heterocycles. The summed E-state index contributed by atoms with van der Waals surface area (Å²) in [6, 6.07) is 8.47. The van der Waals surface area contributed by atoms with Gasteiger partial charge in [-0.05, 0) is 30.3 Å². The van der Waals surface area contributed by atoms with Crippen molar-refractivity contribution >= 4 is 44.6 Å². The Bertz CT molecular complexity index is 1030. The SMILES string of the molecule is COCc1c(C(=O)Nc2ccc(F)c(NC(C)=O)c2)sc2cccc(F)c12. The summed E-state index contributed by atoms with van der Waals surface area (Å²) in [5, 5.41) is 5.36. The standard InChI is InChI=1S/C19H16F2N2O3S/c1-10(24)22-15-8-11(6-7-13(15)20)23-19(25)18-12(9-26-2)17-14(21)4-3-5-16(17)27-18/h3-8H,9H2,1-2H3,(H,22,24)(H,23,25). The van der Waals surface area contributed by atoms with E-state index in [4.69, 9.17) is 4.74 Å². The van der Waals surface area contributed by atoms with Crippen molar-refractivity contribution in [2.75, 3.05) is 17.7 Å². The molecule has 5 nitrogen and oxygen atoms in total. The van der Waals surface area contributed by atoms with Crippen LogP contribution in [0.1, 0.15) is 22.2 Å². The summed E-state index contributed by atoms with van der Waals surface area (Å²) in [6.45, 7) is 1.33. The van der Waals surface area contributed by atoms with Gasteiger partial charge in [0.05, 0.1) is 17.2 Å². The summed E-state index contributed by atoms with van der Waals surface area (Å²) < 4.78 is 33.7. The molecule has 0 saturated carbocycles. The number of thiophene rings is 1. The first-order chi connectivity index (χ1) is 12.9. The van der Waals surface area contributed by atoms with Crippen LogP contribution in [0.25, 0.3) is 10.1 Å². The monoisotopic (exact) mass is 390 g/mol. The van der Waals surface area contributed by atoms with Crippen LogP contribution in [0.2, 0.25) is 0 Å². The van der Waals surface area contributed by atoms with Crippen molar-refractivity contribution in [3.8, 4) is 0 Å². The molecule has 0 aliphatic carbocycles. The van der Waals surface area contributed by atoms with Gasteiger partial charge in [-0.1, -0.05) is 6.07 Å². The number of hydrogen-bond donors (Lipinski definition) is 2. The first kappa shape index (κ1) is 18.9. The topological polar surface area (TPSA) is 67.4 Å². The van der Waals surface area contributed by atoms with Crippen molar-refractivity contribution in [1.82, 2.24) is 0 Å².